The molecule has 8 nitrogen and oxygen atoms in total. The van der Waals surface area contributed by atoms with Crippen LogP contribution in [0.5, 0.6) is 5.75 Å². The Morgan fingerprint density at radius 3 is 2.21 bits per heavy atom. The van der Waals surface area contributed by atoms with Crippen LogP contribution in [0.2, 0.25) is 0 Å². The van der Waals surface area contributed by atoms with Crippen LogP contribution >= 0.6 is 0 Å². The smallest absolute Gasteiger partial charge is 0.311 e. The van der Waals surface area contributed by atoms with Crippen molar-refractivity contribution in [2.24, 2.45) is 0 Å². The van der Waals surface area contributed by atoms with Crippen LogP contribution in [0, 0.1) is 0 Å². The van der Waals surface area contributed by atoms with Crippen LogP contribution in [0.1, 0.15) is 57.4 Å². The molecule has 0 unspecified atom stereocenters. The van der Waals surface area contributed by atoms with Crippen molar-refractivity contribution in [1.82, 2.24) is 14.1 Å². The van der Waals surface area contributed by atoms with Gasteiger partial charge in [-0.25, -0.2) is 13.1 Å². The lowest BCUT2D eigenvalue weighted by atomic mass is 10.2. The Morgan fingerprint density at radius 1 is 1.00 bits per heavy atom. The van der Waals surface area contributed by atoms with Crippen molar-refractivity contribution < 1.29 is 13.2 Å². The molecule has 0 spiro atoms. The predicted octanol–water partition coefficient (Wildman–Crippen LogP) is 1.76. The SMILES string of the molecule is CS(=O)(=O)N1CCN(c2cnn(C3CCCC3)c(=O)c2OC2CCCC2)CC1. The lowest BCUT2D eigenvalue weighted by Crippen LogP contribution is -2.49. The van der Waals surface area contributed by atoms with Gasteiger partial charge in [0.15, 0.2) is 0 Å². The molecular formula is C19H30N4O4S. The van der Waals surface area contributed by atoms with Crippen LogP contribution < -0.4 is 15.2 Å². The number of ether oxygens (including phenoxy) is 1. The van der Waals surface area contributed by atoms with E-state index < -0.39 is 10.0 Å². The number of nitrogens with zero attached hydrogens (tertiary/aromatic N) is 4. The van der Waals surface area contributed by atoms with Gasteiger partial charge in [0, 0.05) is 26.2 Å². The monoisotopic (exact) mass is 410 g/mol. The third kappa shape index (κ3) is 4.05. The van der Waals surface area contributed by atoms with E-state index in [1.807, 2.05) is 4.90 Å². The minimum absolute atomic E-state index is 0.0863. The maximum absolute atomic E-state index is 13.3. The molecule has 0 bridgehead atoms. The van der Waals surface area contributed by atoms with Crippen molar-refractivity contribution in [1.29, 1.82) is 0 Å². The Bertz CT molecular complexity index is 849. The third-order valence-electron chi connectivity index (χ3n) is 6.25. The Kier molecular flexibility index (Phi) is 5.64. The van der Waals surface area contributed by atoms with Gasteiger partial charge in [0.1, 0.15) is 5.69 Å². The molecular weight excluding hydrogens is 380 g/mol. The van der Waals surface area contributed by atoms with Gasteiger partial charge in [-0.1, -0.05) is 12.8 Å². The summed E-state index contributed by atoms with van der Waals surface area (Å²) in [6.07, 6.45) is 11.5. The van der Waals surface area contributed by atoms with Gasteiger partial charge in [0.25, 0.3) is 0 Å². The molecule has 0 amide bonds. The number of aromatic nitrogens is 2. The van der Waals surface area contributed by atoms with Crippen LogP contribution in [0.3, 0.4) is 0 Å². The van der Waals surface area contributed by atoms with Crippen LogP contribution in [0.15, 0.2) is 11.0 Å². The second kappa shape index (κ2) is 8.02. The highest BCUT2D eigenvalue weighted by Crippen LogP contribution is 2.32. The van der Waals surface area contributed by atoms with E-state index in [4.69, 9.17) is 4.74 Å². The Labute approximate surface area is 166 Å². The molecule has 0 radical (unpaired) electrons. The summed E-state index contributed by atoms with van der Waals surface area (Å²) in [5.41, 5.74) is 0.571. The van der Waals surface area contributed by atoms with Crippen LogP contribution in [0.4, 0.5) is 5.69 Å². The maximum atomic E-state index is 13.3. The highest BCUT2D eigenvalue weighted by molar-refractivity contribution is 7.88. The fourth-order valence-electron chi connectivity index (χ4n) is 4.62. The molecule has 9 heteroatoms. The number of rotatable bonds is 5. The van der Waals surface area contributed by atoms with Gasteiger partial charge in [-0.3, -0.25) is 4.79 Å². The van der Waals surface area contributed by atoms with Crippen LogP contribution in [-0.4, -0.2) is 61.0 Å². The summed E-state index contributed by atoms with van der Waals surface area (Å²) in [4.78, 5) is 15.3. The van der Waals surface area contributed by atoms with Gasteiger partial charge in [0.05, 0.1) is 24.6 Å². The minimum Gasteiger partial charge on any atom is -0.483 e. The molecule has 1 aromatic rings. The van der Waals surface area contributed by atoms with Crippen molar-refractivity contribution in [2.45, 2.75) is 63.5 Å². The van der Waals surface area contributed by atoms with Gasteiger partial charge in [-0.15, -0.1) is 0 Å². The quantitative estimate of drug-likeness (QED) is 0.735. The van der Waals surface area contributed by atoms with Gasteiger partial charge < -0.3 is 9.64 Å². The first-order chi connectivity index (χ1) is 13.4. The third-order valence-corrected chi connectivity index (χ3v) is 7.55. The molecule has 1 aromatic heterocycles. The standard InChI is InChI=1S/C19H30N4O4S/c1-28(25,26)22-12-10-21(11-13-22)17-14-20-23(15-6-2-3-7-15)19(24)18(17)27-16-8-4-5-9-16/h14-16H,2-13H2,1H3. The maximum Gasteiger partial charge on any atom is 0.311 e. The van der Waals surface area contributed by atoms with E-state index in [-0.39, 0.29) is 17.7 Å². The molecule has 2 saturated carbocycles. The molecule has 0 N–H and O–H groups in total. The summed E-state index contributed by atoms with van der Waals surface area (Å²) in [6.45, 7) is 1.88. The summed E-state index contributed by atoms with van der Waals surface area (Å²) in [7, 11) is -3.19. The molecule has 0 atom stereocenters. The van der Waals surface area contributed by atoms with Crippen molar-refractivity contribution in [3.63, 3.8) is 0 Å². The Morgan fingerprint density at radius 2 is 1.61 bits per heavy atom. The van der Waals surface area contributed by atoms with E-state index in [2.05, 4.69) is 5.10 Å². The van der Waals surface area contributed by atoms with Crippen LogP contribution in [0.25, 0.3) is 0 Å². The number of hydrogen-bond donors (Lipinski definition) is 0. The van der Waals surface area contributed by atoms with Gasteiger partial charge in [0.2, 0.25) is 15.8 Å². The zero-order valence-corrected chi connectivity index (χ0v) is 17.4. The van der Waals surface area contributed by atoms with E-state index in [1.165, 1.54) is 10.6 Å². The van der Waals surface area contributed by atoms with Crippen molar-refractivity contribution in [3.8, 4) is 5.75 Å². The minimum atomic E-state index is -3.19. The Balaban J connectivity index is 1.62. The molecule has 2 heterocycles. The lowest BCUT2D eigenvalue weighted by Gasteiger charge is -2.35. The predicted molar refractivity (Wildman–Crippen MR) is 108 cm³/mol. The zero-order chi connectivity index (χ0) is 19.7. The van der Waals surface area contributed by atoms with E-state index in [0.29, 0.717) is 37.6 Å². The summed E-state index contributed by atoms with van der Waals surface area (Å²) >= 11 is 0. The fourth-order valence-corrected chi connectivity index (χ4v) is 5.45. The Hall–Kier alpha value is -1.61. The largest absolute Gasteiger partial charge is 0.483 e. The molecule has 3 fully saturated rings. The molecule has 2 aliphatic carbocycles. The highest BCUT2D eigenvalue weighted by Gasteiger charge is 2.30. The molecule has 4 rings (SSSR count). The molecule has 156 valence electrons. The van der Waals surface area contributed by atoms with Crippen molar-refractivity contribution >= 4 is 15.7 Å². The average molecular weight is 411 g/mol. The number of sulfonamides is 1. The van der Waals surface area contributed by atoms with E-state index in [1.54, 1.807) is 10.9 Å². The first-order valence-electron chi connectivity index (χ1n) is 10.4. The lowest BCUT2D eigenvalue weighted by molar-refractivity contribution is 0.203. The van der Waals surface area contributed by atoms with E-state index >= 15 is 0 Å². The van der Waals surface area contributed by atoms with Gasteiger partial charge in [-0.05, 0) is 38.5 Å². The molecule has 1 aliphatic heterocycles. The first kappa shape index (κ1) is 19.7. The van der Waals surface area contributed by atoms with Gasteiger partial charge in [-0.2, -0.15) is 9.40 Å². The molecule has 3 aliphatic rings. The van der Waals surface area contributed by atoms with E-state index in [9.17, 15) is 13.2 Å². The molecule has 1 saturated heterocycles. The summed E-state index contributed by atoms with van der Waals surface area (Å²) in [5, 5.41) is 4.49. The topological polar surface area (TPSA) is 84.7 Å². The summed E-state index contributed by atoms with van der Waals surface area (Å²) in [5.74, 6) is 0.404. The second-order valence-corrected chi connectivity index (χ2v) is 10.2. The average Bonchev–Trinajstić information content (AvgIpc) is 3.37. The van der Waals surface area contributed by atoms with E-state index in [0.717, 1.165) is 51.4 Å². The normalized spacial score (nSPS) is 22.8. The highest BCUT2D eigenvalue weighted by atomic mass is 32.2. The van der Waals surface area contributed by atoms with Crippen LogP contribution in [-0.2, 0) is 10.0 Å². The summed E-state index contributed by atoms with van der Waals surface area (Å²) < 4.78 is 32.9. The van der Waals surface area contributed by atoms with Crippen molar-refractivity contribution in [3.05, 3.63) is 16.6 Å². The van der Waals surface area contributed by atoms with Gasteiger partial charge >= 0.3 is 5.56 Å². The second-order valence-electron chi connectivity index (χ2n) is 8.22. The fraction of sp³-hybridized carbons (Fsp3) is 0.789. The number of hydrogen-bond acceptors (Lipinski definition) is 6. The first-order valence-corrected chi connectivity index (χ1v) is 12.3. The number of piperazine rings is 1. The summed E-state index contributed by atoms with van der Waals surface area (Å²) in [6, 6.07) is 0.162. The van der Waals surface area contributed by atoms with Crippen molar-refractivity contribution in [2.75, 3.05) is 37.3 Å². The molecule has 28 heavy (non-hydrogen) atoms. The number of anilines is 1. The zero-order valence-electron chi connectivity index (χ0n) is 16.5. The molecule has 0 aromatic carbocycles.